The molecule has 1 aliphatic rings. The second kappa shape index (κ2) is 11.1. The van der Waals surface area contributed by atoms with Crippen LogP contribution in [0.2, 0.25) is 5.02 Å². The van der Waals surface area contributed by atoms with Crippen LogP contribution in [0.3, 0.4) is 0 Å². The fraction of sp³-hybridized carbons (Fsp3) is 0.259. The summed E-state index contributed by atoms with van der Waals surface area (Å²) < 4.78 is 40.6. The molecule has 0 fully saturated rings. The Morgan fingerprint density at radius 3 is 2.67 bits per heavy atom. The van der Waals surface area contributed by atoms with E-state index in [-0.39, 0.29) is 25.6 Å². The maximum absolute atomic E-state index is 13.0. The molecule has 1 amide bonds. The molecule has 5 rings (SSSR count). The number of rotatable bonds is 7. The highest BCUT2D eigenvalue weighted by Gasteiger charge is 2.43. The van der Waals surface area contributed by atoms with Gasteiger partial charge in [-0.15, -0.1) is 0 Å². The molecule has 1 aliphatic heterocycles. The molecule has 13 heteroatoms. The Morgan fingerprint density at radius 1 is 1.10 bits per heavy atom. The second-order valence-corrected chi connectivity index (χ2v) is 9.83. The van der Waals surface area contributed by atoms with E-state index in [2.05, 4.69) is 25.7 Å². The van der Waals surface area contributed by atoms with Crippen molar-refractivity contribution in [1.29, 1.82) is 0 Å². The van der Waals surface area contributed by atoms with Gasteiger partial charge in [-0.3, -0.25) is 9.48 Å². The highest BCUT2D eigenvalue weighted by Crippen LogP contribution is 2.32. The Balaban J connectivity index is 1.47. The number of alkyl halides is 3. The number of amides is 1. The second-order valence-electron chi connectivity index (χ2n) is 9.40. The first kappa shape index (κ1) is 27.4. The molecular weight excluding hydrogens is 547 g/mol. The van der Waals surface area contributed by atoms with E-state index in [1.807, 2.05) is 31.2 Å². The minimum absolute atomic E-state index is 0.00398. The first-order valence-corrected chi connectivity index (χ1v) is 12.8. The van der Waals surface area contributed by atoms with Crippen molar-refractivity contribution in [3.05, 3.63) is 76.7 Å². The van der Waals surface area contributed by atoms with E-state index < -0.39 is 12.1 Å². The van der Waals surface area contributed by atoms with Gasteiger partial charge in [-0.05, 0) is 60.4 Å². The monoisotopic (exact) mass is 571 g/mol. The van der Waals surface area contributed by atoms with E-state index in [9.17, 15) is 23.1 Å². The predicted molar refractivity (Wildman–Crippen MR) is 145 cm³/mol. The number of aromatic nitrogens is 4. The van der Waals surface area contributed by atoms with Crippen LogP contribution in [0.1, 0.15) is 16.7 Å². The molecule has 0 saturated carbocycles. The summed E-state index contributed by atoms with van der Waals surface area (Å²) in [5.41, 5.74) is 5.03. The van der Waals surface area contributed by atoms with Crippen molar-refractivity contribution in [1.82, 2.24) is 24.6 Å². The highest BCUT2D eigenvalue weighted by atomic mass is 35.5. The summed E-state index contributed by atoms with van der Waals surface area (Å²) >= 11 is 6.19. The molecule has 2 aromatic heterocycles. The number of fused-ring (bicyclic) bond motifs is 1. The van der Waals surface area contributed by atoms with Crippen LogP contribution in [0.5, 0.6) is 0 Å². The van der Waals surface area contributed by atoms with Crippen molar-refractivity contribution in [3.63, 3.8) is 0 Å². The minimum Gasteiger partial charge on any atom is -0.394 e. The number of hydrogen-bond acceptors (Lipinski definition) is 7. The third kappa shape index (κ3) is 6.18. The summed E-state index contributed by atoms with van der Waals surface area (Å²) in [6.07, 6.45) is 0.404. The Labute approximate surface area is 232 Å². The number of hydrogen-bond donors (Lipinski definition) is 3. The maximum Gasteiger partial charge on any atom is 0.471 e. The molecule has 3 N–H and O–H groups in total. The molecule has 40 heavy (non-hydrogen) atoms. The molecule has 2 aromatic carbocycles. The molecular formula is C27H25ClF3N7O2. The van der Waals surface area contributed by atoms with E-state index in [1.54, 1.807) is 35.4 Å². The number of aliphatic hydroxyl groups excluding tert-OH is 1. The lowest BCUT2D eigenvalue weighted by atomic mass is 9.99. The summed E-state index contributed by atoms with van der Waals surface area (Å²) in [5, 5.41) is 20.5. The van der Waals surface area contributed by atoms with Gasteiger partial charge in [0.05, 0.1) is 19.3 Å². The fourth-order valence-corrected chi connectivity index (χ4v) is 4.83. The molecule has 3 heterocycles. The van der Waals surface area contributed by atoms with E-state index in [4.69, 9.17) is 11.6 Å². The maximum atomic E-state index is 13.0. The zero-order valence-corrected chi connectivity index (χ0v) is 22.1. The van der Waals surface area contributed by atoms with Gasteiger partial charge >= 0.3 is 12.1 Å². The van der Waals surface area contributed by atoms with Crippen LogP contribution in [0.15, 0.2) is 55.0 Å². The Kier molecular flexibility index (Phi) is 7.63. The van der Waals surface area contributed by atoms with Gasteiger partial charge in [0.1, 0.15) is 5.82 Å². The third-order valence-electron chi connectivity index (χ3n) is 6.37. The molecule has 208 valence electrons. The van der Waals surface area contributed by atoms with Crippen molar-refractivity contribution < 1.29 is 23.1 Å². The first-order valence-electron chi connectivity index (χ1n) is 12.4. The van der Waals surface area contributed by atoms with Crippen LogP contribution in [-0.2, 0) is 24.3 Å². The molecule has 0 aliphatic carbocycles. The number of carbonyl (C=O) groups excluding carboxylic acids is 1. The lowest BCUT2D eigenvalue weighted by molar-refractivity contribution is -0.186. The Bertz CT molecular complexity index is 1540. The number of halogens is 4. The molecule has 0 bridgehead atoms. The molecule has 0 atom stereocenters. The third-order valence-corrected chi connectivity index (χ3v) is 6.59. The summed E-state index contributed by atoms with van der Waals surface area (Å²) in [7, 11) is 0. The molecule has 0 unspecified atom stereocenters. The van der Waals surface area contributed by atoms with Gasteiger partial charge in [0, 0.05) is 53.0 Å². The highest BCUT2D eigenvalue weighted by molar-refractivity contribution is 6.30. The van der Waals surface area contributed by atoms with Gasteiger partial charge in [-0.25, -0.2) is 4.98 Å². The molecule has 9 nitrogen and oxygen atoms in total. The molecule has 0 saturated heterocycles. The van der Waals surface area contributed by atoms with Crippen LogP contribution in [0, 0.1) is 6.92 Å². The average Bonchev–Trinajstić information content (AvgIpc) is 3.35. The zero-order valence-electron chi connectivity index (χ0n) is 21.3. The summed E-state index contributed by atoms with van der Waals surface area (Å²) in [4.78, 5) is 21.7. The normalized spacial score (nSPS) is 13.2. The quantitative estimate of drug-likeness (QED) is 0.279. The number of carbonyl (C=O) groups is 1. The van der Waals surface area contributed by atoms with Crippen molar-refractivity contribution in [2.24, 2.45) is 0 Å². The Morgan fingerprint density at radius 2 is 1.93 bits per heavy atom. The van der Waals surface area contributed by atoms with Gasteiger partial charge in [0.25, 0.3) is 0 Å². The number of aryl methyl sites for hydroxylation is 1. The lowest BCUT2D eigenvalue weighted by Gasteiger charge is -2.29. The number of aliphatic hydroxyl groups is 1. The van der Waals surface area contributed by atoms with Crippen LogP contribution < -0.4 is 10.6 Å². The molecule has 0 radical (unpaired) electrons. The van der Waals surface area contributed by atoms with Crippen LogP contribution in [-0.4, -0.2) is 55.0 Å². The van der Waals surface area contributed by atoms with Crippen molar-refractivity contribution in [2.45, 2.75) is 32.6 Å². The molecule has 0 spiro atoms. The smallest absolute Gasteiger partial charge is 0.394 e. The van der Waals surface area contributed by atoms with E-state index >= 15 is 0 Å². The number of nitrogens with one attached hydrogen (secondary N) is 2. The van der Waals surface area contributed by atoms with Crippen molar-refractivity contribution >= 4 is 40.6 Å². The first-order chi connectivity index (χ1) is 19.1. The lowest BCUT2D eigenvalue weighted by Crippen LogP contribution is -2.43. The van der Waals surface area contributed by atoms with Gasteiger partial charge in [-0.2, -0.15) is 23.3 Å². The largest absolute Gasteiger partial charge is 0.471 e. The van der Waals surface area contributed by atoms with E-state index in [0.29, 0.717) is 51.9 Å². The number of anilines is 4. The zero-order chi connectivity index (χ0) is 28.4. The van der Waals surface area contributed by atoms with Crippen molar-refractivity contribution in [2.75, 3.05) is 23.8 Å². The minimum atomic E-state index is -4.92. The topological polar surface area (TPSA) is 108 Å². The van der Waals surface area contributed by atoms with Gasteiger partial charge < -0.3 is 20.6 Å². The number of nitrogens with zero attached hydrogens (tertiary/aromatic N) is 5. The van der Waals surface area contributed by atoms with Crippen LogP contribution in [0.25, 0.3) is 11.1 Å². The van der Waals surface area contributed by atoms with E-state index in [1.165, 1.54) is 0 Å². The summed E-state index contributed by atoms with van der Waals surface area (Å²) in [6.45, 7) is 2.01. The van der Waals surface area contributed by atoms with Crippen LogP contribution in [0.4, 0.5) is 36.3 Å². The average molecular weight is 572 g/mol. The predicted octanol–water partition coefficient (Wildman–Crippen LogP) is 5.23. The Hall–Kier alpha value is -4.16. The van der Waals surface area contributed by atoms with Crippen molar-refractivity contribution in [3.8, 4) is 11.1 Å². The SMILES string of the molecule is Cc1cc(Cl)cc(Nc2ncc(-c3cnn(CCO)c3)c(Nc3ccc4c(c3)CN(C(=O)C(F)(F)F)CC4)n2)c1. The van der Waals surface area contributed by atoms with Gasteiger partial charge in [0.2, 0.25) is 5.95 Å². The summed E-state index contributed by atoms with van der Waals surface area (Å²) in [6, 6.07) is 10.8. The van der Waals surface area contributed by atoms with E-state index in [0.717, 1.165) is 16.0 Å². The summed E-state index contributed by atoms with van der Waals surface area (Å²) in [5.74, 6) is -1.14. The standard InChI is InChI=1S/C27H25ClF3N7O2/c1-16-8-20(28)11-22(9-16)35-26-32-13-23(19-12-33-38(15-19)6-7-39)24(36-26)34-21-3-2-17-4-5-37(14-18(17)10-21)25(40)27(29,30)31/h2-3,8-13,15,39H,4-7,14H2,1H3,(H2,32,34,35,36). The number of benzene rings is 2. The molecule has 4 aromatic rings. The van der Waals surface area contributed by atoms with Gasteiger partial charge in [-0.1, -0.05) is 17.7 Å². The fourth-order valence-electron chi connectivity index (χ4n) is 4.54. The van der Waals surface area contributed by atoms with Crippen LogP contribution >= 0.6 is 11.6 Å². The van der Waals surface area contributed by atoms with Gasteiger partial charge in [0.15, 0.2) is 0 Å².